The number of benzene rings is 1. The Morgan fingerprint density at radius 2 is 2.22 bits per heavy atom. The fourth-order valence-electron chi connectivity index (χ4n) is 2.67. The quantitative estimate of drug-likeness (QED) is 0.864. The van der Waals surface area contributed by atoms with Gasteiger partial charge in [0.25, 0.3) is 0 Å². The predicted molar refractivity (Wildman–Crippen MR) is 84.9 cm³/mol. The summed E-state index contributed by atoms with van der Waals surface area (Å²) in [5.74, 6) is 0.964. The number of ether oxygens (including phenoxy) is 1. The number of nitrogens with zero attached hydrogens (tertiary/aromatic N) is 3. The smallest absolute Gasteiger partial charge is 0.237 e. The van der Waals surface area contributed by atoms with E-state index in [0.29, 0.717) is 19.7 Å². The summed E-state index contributed by atoms with van der Waals surface area (Å²) in [6, 6.07) is 9.64. The van der Waals surface area contributed by atoms with E-state index in [1.807, 2.05) is 31.2 Å². The number of aromatic nitrogens is 1. The summed E-state index contributed by atoms with van der Waals surface area (Å²) in [6.45, 7) is 4.33. The van der Waals surface area contributed by atoms with E-state index in [2.05, 4.69) is 10.1 Å². The summed E-state index contributed by atoms with van der Waals surface area (Å²) in [5, 5.41) is 3.91. The Labute approximate surface area is 135 Å². The monoisotopic (exact) mass is 315 g/mol. The lowest BCUT2D eigenvalue weighted by molar-refractivity contribution is -0.133. The largest absolute Gasteiger partial charge is 0.492 e. The van der Waals surface area contributed by atoms with Gasteiger partial charge in [-0.1, -0.05) is 23.4 Å². The van der Waals surface area contributed by atoms with E-state index in [0.717, 1.165) is 23.6 Å². The highest BCUT2D eigenvalue weighted by atomic mass is 16.5. The van der Waals surface area contributed by atoms with Crippen LogP contribution in [0.15, 0.2) is 41.1 Å². The first-order valence-electron chi connectivity index (χ1n) is 7.74. The van der Waals surface area contributed by atoms with Crippen LogP contribution in [0.4, 0.5) is 0 Å². The average molecular weight is 315 g/mol. The zero-order chi connectivity index (χ0) is 16.2. The summed E-state index contributed by atoms with van der Waals surface area (Å²) in [4.78, 5) is 16.4. The minimum atomic E-state index is -0.114. The lowest BCUT2D eigenvalue weighted by Gasteiger charge is -2.26. The van der Waals surface area contributed by atoms with Crippen LogP contribution in [0.5, 0.6) is 5.75 Å². The first-order chi connectivity index (χ1) is 11.1. The van der Waals surface area contributed by atoms with Crippen LogP contribution < -0.4 is 4.74 Å². The van der Waals surface area contributed by atoms with Crippen LogP contribution in [0, 0.1) is 0 Å². The molecule has 2 heterocycles. The third kappa shape index (κ3) is 3.53. The summed E-state index contributed by atoms with van der Waals surface area (Å²) < 4.78 is 10.6. The maximum Gasteiger partial charge on any atom is 0.237 e. The summed E-state index contributed by atoms with van der Waals surface area (Å²) in [6.07, 6.45) is 1.52. The molecule has 1 aromatic heterocycles. The molecule has 0 bridgehead atoms. The number of fused-ring (bicyclic) bond motifs is 1. The molecule has 0 saturated heterocycles. The van der Waals surface area contributed by atoms with E-state index in [1.54, 1.807) is 18.0 Å². The zero-order valence-corrected chi connectivity index (χ0v) is 13.4. The van der Waals surface area contributed by atoms with E-state index < -0.39 is 0 Å². The van der Waals surface area contributed by atoms with E-state index in [-0.39, 0.29) is 11.9 Å². The number of likely N-dealkylation sites (N-methyl/N-ethyl adjacent to an activating group) is 1. The molecule has 0 radical (unpaired) electrons. The highest BCUT2D eigenvalue weighted by Gasteiger charge is 2.23. The van der Waals surface area contributed by atoms with Crippen molar-refractivity contribution in [2.24, 2.45) is 0 Å². The molecule has 6 nitrogen and oxygen atoms in total. The van der Waals surface area contributed by atoms with Crippen molar-refractivity contribution in [3.05, 3.63) is 47.9 Å². The number of carbonyl (C=O) groups excluding carboxylic acids is 1. The van der Waals surface area contributed by atoms with Gasteiger partial charge in [0.2, 0.25) is 5.91 Å². The first-order valence-corrected chi connectivity index (χ1v) is 7.74. The van der Waals surface area contributed by atoms with E-state index in [9.17, 15) is 4.79 Å². The third-order valence-electron chi connectivity index (χ3n) is 4.25. The van der Waals surface area contributed by atoms with Crippen LogP contribution in [0.2, 0.25) is 0 Å². The van der Waals surface area contributed by atoms with Crippen molar-refractivity contribution in [1.29, 1.82) is 0 Å². The number of carbonyl (C=O) groups is 1. The van der Waals surface area contributed by atoms with Gasteiger partial charge in [0.15, 0.2) is 0 Å². The Balaban J connectivity index is 1.63. The van der Waals surface area contributed by atoms with Gasteiger partial charge >= 0.3 is 0 Å². The Bertz CT molecular complexity index is 657. The van der Waals surface area contributed by atoms with Crippen molar-refractivity contribution in [2.45, 2.75) is 19.5 Å². The molecule has 6 heteroatoms. The third-order valence-corrected chi connectivity index (χ3v) is 4.25. The fourth-order valence-corrected chi connectivity index (χ4v) is 2.67. The van der Waals surface area contributed by atoms with Crippen LogP contribution in [0.25, 0.3) is 0 Å². The second kappa shape index (κ2) is 6.83. The van der Waals surface area contributed by atoms with Crippen molar-refractivity contribution in [3.8, 4) is 5.75 Å². The maximum atomic E-state index is 12.6. The van der Waals surface area contributed by atoms with Crippen molar-refractivity contribution in [2.75, 3.05) is 26.7 Å². The van der Waals surface area contributed by atoms with Gasteiger partial charge < -0.3 is 14.2 Å². The van der Waals surface area contributed by atoms with Crippen molar-refractivity contribution < 1.29 is 14.1 Å². The molecule has 0 unspecified atom stereocenters. The molecule has 23 heavy (non-hydrogen) atoms. The van der Waals surface area contributed by atoms with E-state index >= 15 is 0 Å². The SMILES string of the molecule is C[C@H](c1ccon1)N(C)C(=O)CN1CCOc2ccccc2C1. The molecule has 0 fully saturated rings. The van der Waals surface area contributed by atoms with Crippen molar-refractivity contribution in [1.82, 2.24) is 15.0 Å². The number of para-hydroxylation sites is 1. The molecule has 2 aromatic rings. The van der Waals surface area contributed by atoms with Crippen LogP contribution in [0.3, 0.4) is 0 Å². The molecule has 0 spiro atoms. The molecule has 0 saturated carbocycles. The minimum absolute atomic E-state index is 0.0554. The van der Waals surface area contributed by atoms with Crippen molar-refractivity contribution in [3.63, 3.8) is 0 Å². The molecule has 0 aliphatic carbocycles. The van der Waals surface area contributed by atoms with E-state index in [1.165, 1.54) is 6.26 Å². The van der Waals surface area contributed by atoms with Crippen LogP contribution in [-0.2, 0) is 11.3 Å². The molecule has 1 aromatic carbocycles. The predicted octanol–water partition coefficient (Wildman–Crippen LogP) is 2.09. The standard InChI is InChI=1S/C17H21N3O3/c1-13(15-7-9-23-18-15)19(2)17(21)12-20-8-10-22-16-6-4-3-5-14(16)11-20/h3-7,9,13H,8,10-12H2,1-2H3/t13-/m1/s1. The van der Waals surface area contributed by atoms with Gasteiger partial charge in [-0.2, -0.15) is 0 Å². The van der Waals surface area contributed by atoms with Gasteiger partial charge in [0.05, 0.1) is 12.6 Å². The molecular formula is C17H21N3O3. The molecule has 1 amide bonds. The van der Waals surface area contributed by atoms with Gasteiger partial charge in [-0.3, -0.25) is 9.69 Å². The van der Waals surface area contributed by atoms with Crippen LogP contribution in [0.1, 0.15) is 24.2 Å². The van der Waals surface area contributed by atoms with Gasteiger partial charge in [0, 0.05) is 31.8 Å². The molecule has 1 aliphatic heterocycles. The maximum absolute atomic E-state index is 12.6. The highest BCUT2D eigenvalue weighted by molar-refractivity contribution is 5.78. The molecular weight excluding hydrogens is 294 g/mol. The fraction of sp³-hybridized carbons (Fsp3) is 0.412. The second-order valence-corrected chi connectivity index (χ2v) is 5.77. The van der Waals surface area contributed by atoms with Crippen molar-refractivity contribution >= 4 is 5.91 Å². The zero-order valence-electron chi connectivity index (χ0n) is 13.4. The Morgan fingerprint density at radius 3 is 3.00 bits per heavy atom. The normalized spacial score (nSPS) is 16.1. The average Bonchev–Trinajstić information content (AvgIpc) is 3.01. The lowest BCUT2D eigenvalue weighted by atomic mass is 10.2. The highest BCUT2D eigenvalue weighted by Crippen LogP contribution is 2.23. The summed E-state index contributed by atoms with van der Waals surface area (Å²) in [7, 11) is 1.80. The number of hydrogen-bond acceptors (Lipinski definition) is 5. The summed E-state index contributed by atoms with van der Waals surface area (Å²) in [5.41, 5.74) is 1.87. The second-order valence-electron chi connectivity index (χ2n) is 5.77. The Morgan fingerprint density at radius 1 is 1.39 bits per heavy atom. The molecule has 1 aliphatic rings. The van der Waals surface area contributed by atoms with Gasteiger partial charge in [-0.15, -0.1) is 0 Å². The number of amides is 1. The van der Waals surface area contributed by atoms with Gasteiger partial charge in [-0.25, -0.2) is 0 Å². The van der Waals surface area contributed by atoms with Gasteiger partial charge in [0.1, 0.15) is 24.3 Å². The molecule has 122 valence electrons. The van der Waals surface area contributed by atoms with Crippen LogP contribution >= 0.6 is 0 Å². The lowest BCUT2D eigenvalue weighted by Crippen LogP contribution is -2.40. The molecule has 3 rings (SSSR count). The Kier molecular flexibility index (Phi) is 4.62. The number of rotatable bonds is 4. The first kappa shape index (κ1) is 15.6. The van der Waals surface area contributed by atoms with Gasteiger partial charge in [-0.05, 0) is 13.0 Å². The minimum Gasteiger partial charge on any atom is -0.492 e. The van der Waals surface area contributed by atoms with E-state index in [4.69, 9.17) is 9.26 Å². The van der Waals surface area contributed by atoms with Crippen LogP contribution in [-0.4, -0.2) is 47.6 Å². The summed E-state index contributed by atoms with van der Waals surface area (Å²) >= 11 is 0. The molecule has 0 N–H and O–H groups in total. The molecule has 1 atom stereocenters. The number of hydrogen-bond donors (Lipinski definition) is 0. The Hall–Kier alpha value is -2.34. The topological polar surface area (TPSA) is 58.8 Å².